The molecule has 114 valence electrons. The van der Waals surface area contributed by atoms with Crippen LogP contribution in [0.4, 0.5) is 0 Å². The highest BCUT2D eigenvalue weighted by Crippen LogP contribution is 2.16. The molecule has 7 heteroatoms. The predicted molar refractivity (Wildman–Crippen MR) is 75.2 cm³/mol. The largest absolute Gasteiger partial charge is 0.500 e. The van der Waals surface area contributed by atoms with Crippen LogP contribution in [0.5, 0.6) is 0 Å². The second-order valence-electron chi connectivity index (χ2n) is 4.67. The van der Waals surface area contributed by atoms with Gasteiger partial charge in [0.05, 0.1) is 6.42 Å². The number of carbonyl (C=O) groups is 1. The van der Waals surface area contributed by atoms with E-state index >= 15 is 0 Å². The van der Waals surface area contributed by atoms with Crippen LogP contribution in [0, 0.1) is 0 Å². The lowest BCUT2D eigenvalue weighted by molar-refractivity contribution is -0.137. The standard InChI is InChI=1S/C12H27NO5Si/c1-11(2)13(9-7-12(14)15)8-6-10-19(16-3,17-4)18-5/h11H,6-10H2,1-5H3,(H,14,15). The van der Waals surface area contributed by atoms with Crippen LogP contribution in [-0.2, 0) is 18.1 Å². The minimum Gasteiger partial charge on any atom is -0.481 e. The molecule has 0 saturated carbocycles. The summed E-state index contributed by atoms with van der Waals surface area (Å²) < 4.78 is 16.1. The maximum atomic E-state index is 10.6. The first-order valence-corrected chi connectivity index (χ1v) is 8.45. The van der Waals surface area contributed by atoms with E-state index in [9.17, 15) is 4.79 Å². The summed E-state index contributed by atoms with van der Waals surface area (Å²) in [5.41, 5.74) is 0. The maximum Gasteiger partial charge on any atom is 0.500 e. The number of nitrogens with zero attached hydrogens (tertiary/aromatic N) is 1. The Morgan fingerprint density at radius 1 is 1.16 bits per heavy atom. The van der Waals surface area contributed by atoms with Crippen LogP contribution < -0.4 is 0 Å². The van der Waals surface area contributed by atoms with E-state index in [4.69, 9.17) is 18.4 Å². The van der Waals surface area contributed by atoms with Crippen LogP contribution in [0.2, 0.25) is 6.04 Å². The molecule has 0 atom stereocenters. The highest BCUT2D eigenvalue weighted by Gasteiger charge is 2.37. The Balaban J connectivity index is 4.21. The van der Waals surface area contributed by atoms with Gasteiger partial charge in [-0.25, -0.2) is 0 Å². The lowest BCUT2D eigenvalue weighted by Crippen LogP contribution is -2.43. The van der Waals surface area contributed by atoms with Gasteiger partial charge in [-0.2, -0.15) is 0 Å². The third kappa shape index (κ3) is 7.02. The molecule has 0 aromatic carbocycles. The molecule has 6 nitrogen and oxygen atoms in total. The zero-order valence-corrected chi connectivity index (χ0v) is 13.6. The third-order valence-corrected chi connectivity index (χ3v) is 6.04. The zero-order chi connectivity index (χ0) is 14.9. The molecule has 0 fully saturated rings. The predicted octanol–water partition coefficient (Wildman–Crippen LogP) is 1.44. The fourth-order valence-corrected chi connectivity index (χ4v) is 3.63. The fourth-order valence-electron chi connectivity index (χ4n) is 1.92. The van der Waals surface area contributed by atoms with Gasteiger partial charge >= 0.3 is 14.8 Å². The molecule has 0 aliphatic carbocycles. The fraction of sp³-hybridized carbons (Fsp3) is 0.917. The summed E-state index contributed by atoms with van der Waals surface area (Å²) in [6.45, 7) is 5.51. The summed E-state index contributed by atoms with van der Waals surface area (Å²) in [5.74, 6) is -0.764. The second kappa shape index (κ2) is 9.43. The maximum absolute atomic E-state index is 10.6. The Morgan fingerprint density at radius 3 is 2.05 bits per heavy atom. The van der Waals surface area contributed by atoms with Gasteiger partial charge in [-0.05, 0) is 26.8 Å². The molecule has 0 saturated heterocycles. The first-order chi connectivity index (χ1) is 8.90. The van der Waals surface area contributed by atoms with Crippen LogP contribution in [-0.4, -0.2) is 65.2 Å². The third-order valence-electron chi connectivity index (χ3n) is 3.20. The van der Waals surface area contributed by atoms with Crippen LogP contribution in [0.1, 0.15) is 26.7 Å². The summed E-state index contributed by atoms with van der Waals surface area (Å²) in [4.78, 5) is 12.8. The Kier molecular flexibility index (Phi) is 9.20. The quantitative estimate of drug-likeness (QED) is 0.581. The molecule has 0 aliphatic rings. The molecule has 0 rings (SSSR count). The SMILES string of the molecule is CO[Si](CCCN(CCC(=O)O)C(C)C)(OC)OC. The van der Waals surface area contributed by atoms with Gasteiger partial charge in [0, 0.05) is 40.0 Å². The molecule has 19 heavy (non-hydrogen) atoms. The number of hydrogen-bond donors (Lipinski definition) is 1. The topological polar surface area (TPSA) is 68.2 Å². The van der Waals surface area contributed by atoms with E-state index in [1.807, 2.05) is 0 Å². The van der Waals surface area contributed by atoms with Crippen molar-refractivity contribution in [2.24, 2.45) is 0 Å². The van der Waals surface area contributed by atoms with Crippen molar-refractivity contribution < 1.29 is 23.2 Å². The summed E-state index contributed by atoms with van der Waals surface area (Å²) in [6.07, 6.45) is 1.03. The van der Waals surface area contributed by atoms with Crippen molar-refractivity contribution in [1.82, 2.24) is 4.90 Å². The monoisotopic (exact) mass is 293 g/mol. The van der Waals surface area contributed by atoms with Crippen molar-refractivity contribution in [3.63, 3.8) is 0 Å². The van der Waals surface area contributed by atoms with E-state index in [0.717, 1.165) is 19.0 Å². The first-order valence-electron chi connectivity index (χ1n) is 6.52. The molecule has 0 aromatic heterocycles. The molecule has 0 heterocycles. The number of carboxylic acids is 1. The Hall–Kier alpha value is -0.473. The molecular formula is C12H27NO5Si. The number of aliphatic carboxylic acids is 1. The second-order valence-corrected chi connectivity index (χ2v) is 7.76. The van der Waals surface area contributed by atoms with E-state index in [-0.39, 0.29) is 6.42 Å². The molecule has 0 radical (unpaired) electrons. The molecule has 0 amide bonds. The van der Waals surface area contributed by atoms with Gasteiger partial charge in [-0.15, -0.1) is 0 Å². The summed E-state index contributed by atoms with van der Waals surface area (Å²) in [5, 5.41) is 8.73. The van der Waals surface area contributed by atoms with Crippen LogP contribution in [0.3, 0.4) is 0 Å². The van der Waals surface area contributed by atoms with Gasteiger partial charge in [0.2, 0.25) is 0 Å². The van der Waals surface area contributed by atoms with Crippen molar-refractivity contribution in [2.75, 3.05) is 34.4 Å². The van der Waals surface area contributed by atoms with Crippen molar-refractivity contribution >= 4 is 14.8 Å². The Labute approximate surface area is 117 Å². The van der Waals surface area contributed by atoms with Gasteiger partial charge in [-0.3, -0.25) is 4.79 Å². The van der Waals surface area contributed by atoms with Gasteiger partial charge in [0.1, 0.15) is 0 Å². The average Bonchev–Trinajstić information content (AvgIpc) is 2.38. The lowest BCUT2D eigenvalue weighted by atomic mass is 10.2. The molecule has 1 N–H and O–H groups in total. The van der Waals surface area contributed by atoms with Crippen LogP contribution in [0.25, 0.3) is 0 Å². The van der Waals surface area contributed by atoms with Crippen molar-refractivity contribution in [1.29, 1.82) is 0 Å². The molecular weight excluding hydrogens is 266 g/mol. The summed E-state index contributed by atoms with van der Waals surface area (Å²) in [7, 11) is 2.30. The summed E-state index contributed by atoms with van der Waals surface area (Å²) >= 11 is 0. The minimum atomic E-state index is -2.51. The molecule has 0 aliphatic heterocycles. The minimum absolute atomic E-state index is 0.166. The van der Waals surface area contributed by atoms with Crippen molar-refractivity contribution in [2.45, 2.75) is 38.8 Å². The highest BCUT2D eigenvalue weighted by atomic mass is 28.4. The van der Waals surface area contributed by atoms with Crippen molar-refractivity contribution in [3.05, 3.63) is 0 Å². The van der Waals surface area contributed by atoms with E-state index in [0.29, 0.717) is 12.6 Å². The van der Waals surface area contributed by atoms with E-state index in [2.05, 4.69) is 18.7 Å². The van der Waals surface area contributed by atoms with Crippen molar-refractivity contribution in [3.8, 4) is 0 Å². The van der Waals surface area contributed by atoms with Crippen LogP contribution >= 0.6 is 0 Å². The number of carboxylic acid groups (broad SMARTS) is 1. The van der Waals surface area contributed by atoms with E-state index in [1.54, 1.807) is 21.3 Å². The Morgan fingerprint density at radius 2 is 1.68 bits per heavy atom. The Bertz CT molecular complexity index is 250. The number of hydrogen-bond acceptors (Lipinski definition) is 5. The van der Waals surface area contributed by atoms with E-state index < -0.39 is 14.8 Å². The van der Waals surface area contributed by atoms with Gasteiger partial charge in [-0.1, -0.05) is 0 Å². The normalized spacial score (nSPS) is 12.4. The molecule has 0 aromatic rings. The molecule has 0 spiro atoms. The zero-order valence-electron chi connectivity index (χ0n) is 12.6. The lowest BCUT2D eigenvalue weighted by Gasteiger charge is -2.28. The average molecular weight is 293 g/mol. The number of rotatable bonds is 11. The molecule has 0 bridgehead atoms. The van der Waals surface area contributed by atoms with Gasteiger partial charge < -0.3 is 23.3 Å². The molecule has 0 unspecified atom stereocenters. The smallest absolute Gasteiger partial charge is 0.481 e. The first kappa shape index (κ1) is 18.5. The van der Waals surface area contributed by atoms with E-state index in [1.165, 1.54) is 0 Å². The highest BCUT2D eigenvalue weighted by molar-refractivity contribution is 6.60. The van der Waals surface area contributed by atoms with Crippen LogP contribution in [0.15, 0.2) is 0 Å². The van der Waals surface area contributed by atoms with Gasteiger partial charge in [0.15, 0.2) is 0 Å². The van der Waals surface area contributed by atoms with Gasteiger partial charge in [0.25, 0.3) is 0 Å². The summed E-state index contributed by atoms with van der Waals surface area (Å²) in [6, 6.07) is 1.05.